The molecule has 0 aromatic carbocycles. The predicted octanol–water partition coefficient (Wildman–Crippen LogP) is 2.11. The van der Waals surface area contributed by atoms with Gasteiger partial charge in [-0.1, -0.05) is 11.6 Å². The Kier molecular flexibility index (Phi) is 3.43. The highest BCUT2D eigenvalue weighted by Crippen LogP contribution is 2.34. The van der Waals surface area contributed by atoms with Crippen LogP contribution in [0.2, 0.25) is 5.15 Å². The smallest absolute Gasteiger partial charge is 0.379 e. The predicted molar refractivity (Wildman–Crippen MR) is 65.2 cm³/mol. The first kappa shape index (κ1) is 14.3. The number of nitrogens with zero attached hydrogens (tertiary/aromatic N) is 4. The Labute approximate surface area is 117 Å². The molecule has 2 heterocycles. The number of alkyl halides is 2. The van der Waals surface area contributed by atoms with Crippen LogP contribution < -0.4 is 0 Å². The van der Waals surface area contributed by atoms with Crippen LogP contribution in [-0.2, 0) is 10.7 Å². The fraction of sp³-hybridized carbons (Fsp3) is 0.273. The van der Waals surface area contributed by atoms with Crippen molar-refractivity contribution in [2.75, 3.05) is 0 Å². The van der Waals surface area contributed by atoms with Crippen LogP contribution >= 0.6 is 11.6 Å². The molecule has 0 aliphatic carbocycles. The van der Waals surface area contributed by atoms with Gasteiger partial charge in [0.15, 0.2) is 5.82 Å². The fourth-order valence-electron chi connectivity index (χ4n) is 1.87. The first-order chi connectivity index (χ1) is 9.25. The van der Waals surface area contributed by atoms with E-state index in [0.717, 1.165) is 11.0 Å². The zero-order valence-electron chi connectivity index (χ0n) is 10.4. The second-order valence-corrected chi connectivity index (χ2v) is 4.42. The third kappa shape index (κ3) is 2.22. The van der Waals surface area contributed by atoms with Crippen LogP contribution in [0.1, 0.15) is 17.0 Å². The van der Waals surface area contributed by atoms with Crippen LogP contribution in [0.5, 0.6) is 0 Å². The summed E-state index contributed by atoms with van der Waals surface area (Å²) in [7, 11) is 0. The van der Waals surface area contributed by atoms with Crippen molar-refractivity contribution in [2.45, 2.75) is 19.8 Å². The minimum absolute atomic E-state index is 0.0235. The molecule has 0 saturated heterocycles. The van der Waals surface area contributed by atoms with E-state index in [9.17, 15) is 13.6 Å². The number of halogens is 3. The topological polar surface area (TPSA) is 80.9 Å². The van der Waals surface area contributed by atoms with E-state index in [4.69, 9.17) is 16.7 Å². The van der Waals surface area contributed by atoms with Gasteiger partial charge in [0.25, 0.3) is 0 Å². The summed E-state index contributed by atoms with van der Waals surface area (Å²) in [5.74, 6) is -6.08. The minimum atomic E-state index is -4.02. The van der Waals surface area contributed by atoms with Gasteiger partial charge in [-0.25, -0.2) is 19.4 Å². The van der Waals surface area contributed by atoms with Gasteiger partial charge < -0.3 is 5.11 Å². The molecule has 0 spiro atoms. The molecule has 6 nitrogen and oxygen atoms in total. The summed E-state index contributed by atoms with van der Waals surface area (Å²) < 4.78 is 28.5. The highest BCUT2D eigenvalue weighted by Gasteiger charge is 2.45. The summed E-state index contributed by atoms with van der Waals surface area (Å²) in [6, 6.07) is 1.34. The second-order valence-electron chi connectivity index (χ2n) is 4.04. The average molecular weight is 303 g/mol. The van der Waals surface area contributed by atoms with Gasteiger partial charge in [0.05, 0.1) is 17.0 Å². The molecule has 20 heavy (non-hydrogen) atoms. The van der Waals surface area contributed by atoms with Crippen LogP contribution in [0.3, 0.4) is 0 Å². The van der Waals surface area contributed by atoms with Crippen LogP contribution in [0, 0.1) is 13.8 Å². The van der Waals surface area contributed by atoms with Crippen LogP contribution in [0.15, 0.2) is 12.4 Å². The number of carboxylic acid groups (broad SMARTS) is 1. The molecule has 2 aromatic heterocycles. The maximum atomic E-state index is 13.7. The Morgan fingerprint density at radius 3 is 2.60 bits per heavy atom. The molecule has 0 radical (unpaired) electrons. The molecule has 106 valence electrons. The van der Waals surface area contributed by atoms with E-state index in [1.165, 1.54) is 19.9 Å². The SMILES string of the molecule is Cc1nn(-c2cc(Cl)ncn2)c(C)c1C(F)(F)C(=O)O. The molecule has 9 heteroatoms. The van der Waals surface area contributed by atoms with E-state index in [-0.39, 0.29) is 22.4 Å². The second kappa shape index (κ2) is 4.78. The highest BCUT2D eigenvalue weighted by molar-refractivity contribution is 6.29. The van der Waals surface area contributed by atoms with E-state index in [1.807, 2.05) is 0 Å². The quantitative estimate of drug-likeness (QED) is 0.878. The molecule has 0 unspecified atom stereocenters. The number of aromatic nitrogens is 4. The van der Waals surface area contributed by atoms with E-state index < -0.39 is 17.5 Å². The molecule has 1 N–H and O–H groups in total. The Hall–Kier alpha value is -2.09. The molecule has 0 atom stereocenters. The summed E-state index contributed by atoms with van der Waals surface area (Å²) in [5.41, 5.74) is -0.769. The maximum Gasteiger partial charge on any atom is 0.379 e. The number of aliphatic carboxylic acids is 1. The molecular weight excluding hydrogens is 294 g/mol. The van der Waals surface area contributed by atoms with Gasteiger partial charge in [-0.15, -0.1) is 0 Å². The van der Waals surface area contributed by atoms with E-state index >= 15 is 0 Å². The van der Waals surface area contributed by atoms with Gasteiger partial charge in [-0.2, -0.15) is 13.9 Å². The number of carbonyl (C=O) groups is 1. The zero-order valence-corrected chi connectivity index (χ0v) is 11.2. The lowest BCUT2D eigenvalue weighted by molar-refractivity contribution is -0.166. The lowest BCUT2D eigenvalue weighted by atomic mass is 10.1. The molecule has 0 amide bonds. The Bertz CT molecular complexity index is 687. The normalized spacial score (nSPS) is 11.7. The van der Waals surface area contributed by atoms with Crippen molar-refractivity contribution < 1.29 is 18.7 Å². The number of carboxylic acids is 1. The first-order valence-electron chi connectivity index (χ1n) is 5.41. The Balaban J connectivity index is 2.63. The molecule has 0 aliphatic heterocycles. The molecule has 0 bridgehead atoms. The summed E-state index contributed by atoms with van der Waals surface area (Å²) in [6.45, 7) is 2.64. The lowest BCUT2D eigenvalue weighted by Crippen LogP contribution is -2.26. The van der Waals surface area contributed by atoms with Crippen LogP contribution in [-0.4, -0.2) is 30.8 Å². The standard InChI is InChI=1S/C11H9ClF2N4O2/c1-5-9(11(13,14)10(19)20)6(2)18(17-5)8-3-7(12)15-4-16-8/h3-4H,1-2H3,(H,19,20). The summed E-state index contributed by atoms with van der Waals surface area (Å²) in [6.07, 6.45) is 1.16. The Morgan fingerprint density at radius 2 is 2.05 bits per heavy atom. The van der Waals surface area contributed by atoms with Crippen molar-refractivity contribution in [2.24, 2.45) is 0 Å². The lowest BCUT2D eigenvalue weighted by Gasteiger charge is -2.11. The summed E-state index contributed by atoms with van der Waals surface area (Å²) in [4.78, 5) is 18.2. The monoisotopic (exact) mass is 302 g/mol. The van der Waals surface area contributed by atoms with Gasteiger partial charge in [-0.05, 0) is 13.8 Å². The molecule has 2 rings (SSSR count). The van der Waals surface area contributed by atoms with Crippen molar-refractivity contribution in [1.82, 2.24) is 19.7 Å². The fourth-order valence-corrected chi connectivity index (χ4v) is 2.01. The van der Waals surface area contributed by atoms with Gasteiger partial charge in [0.2, 0.25) is 0 Å². The number of rotatable bonds is 3. The summed E-state index contributed by atoms with van der Waals surface area (Å²) >= 11 is 5.70. The number of hydrogen-bond acceptors (Lipinski definition) is 4. The molecule has 0 aliphatic rings. The number of aryl methyl sites for hydroxylation is 1. The van der Waals surface area contributed by atoms with E-state index in [2.05, 4.69) is 15.1 Å². The third-order valence-corrected chi connectivity index (χ3v) is 2.92. The van der Waals surface area contributed by atoms with Gasteiger partial charge in [0.1, 0.15) is 11.5 Å². The minimum Gasteiger partial charge on any atom is -0.477 e. The zero-order chi connectivity index (χ0) is 15.1. The van der Waals surface area contributed by atoms with Crippen LogP contribution in [0.4, 0.5) is 8.78 Å². The largest absolute Gasteiger partial charge is 0.477 e. The number of hydrogen-bond donors (Lipinski definition) is 1. The molecular formula is C11H9ClF2N4O2. The molecule has 0 saturated carbocycles. The van der Waals surface area contributed by atoms with Crippen molar-refractivity contribution in [3.8, 4) is 5.82 Å². The van der Waals surface area contributed by atoms with Crippen LogP contribution in [0.25, 0.3) is 5.82 Å². The van der Waals surface area contributed by atoms with Crippen molar-refractivity contribution >= 4 is 17.6 Å². The van der Waals surface area contributed by atoms with Crippen molar-refractivity contribution in [3.05, 3.63) is 34.5 Å². The Morgan fingerprint density at radius 1 is 1.40 bits per heavy atom. The first-order valence-corrected chi connectivity index (χ1v) is 5.78. The van der Waals surface area contributed by atoms with Gasteiger partial charge in [0, 0.05) is 6.07 Å². The maximum absolute atomic E-state index is 13.7. The molecule has 0 fully saturated rings. The summed E-state index contributed by atoms with van der Waals surface area (Å²) in [5, 5.41) is 12.6. The van der Waals surface area contributed by atoms with Crippen molar-refractivity contribution in [3.63, 3.8) is 0 Å². The van der Waals surface area contributed by atoms with E-state index in [1.54, 1.807) is 0 Å². The highest BCUT2D eigenvalue weighted by atomic mass is 35.5. The average Bonchev–Trinajstić information content (AvgIpc) is 2.65. The van der Waals surface area contributed by atoms with Gasteiger partial charge in [-0.3, -0.25) is 0 Å². The van der Waals surface area contributed by atoms with Gasteiger partial charge >= 0.3 is 11.9 Å². The third-order valence-electron chi connectivity index (χ3n) is 2.71. The van der Waals surface area contributed by atoms with E-state index in [0.29, 0.717) is 0 Å². The molecule has 2 aromatic rings. The van der Waals surface area contributed by atoms with Crippen molar-refractivity contribution in [1.29, 1.82) is 0 Å².